The van der Waals surface area contributed by atoms with E-state index in [1.165, 1.54) is 33.7 Å². The molecule has 8 heteroatoms. The van der Waals surface area contributed by atoms with E-state index in [0.717, 1.165) is 4.68 Å². The molecule has 3 rings (SSSR count). The topological polar surface area (TPSA) is 92.0 Å². The van der Waals surface area contributed by atoms with Crippen molar-refractivity contribution >= 4 is 23.1 Å². The molecule has 0 radical (unpaired) electrons. The van der Waals surface area contributed by atoms with Gasteiger partial charge in [-0.2, -0.15) is 9.78 Å². The molecule has 0 bridgehead atoms. The molecule has 3 aromatic rings. The summed E-state index contributed by atoms with van der Waals surface area (Å²) in [4.78, 5) is 28.0. The van der Waals surface area contributed by atoms with E-state index in [1.54, 1.807) is 30.3 Å². The number of ether oxygens (including phenoxy) is 3. The fourth-order valence-electron chi connectivity index (χ4n) is 2.49. The third-order valence-corrected chi connectivity index (χ3v) is 3.71. The summed E-state index contributed by atoms with van der Waals surface area (Å²) in [5, 5.41) is 4.64. The molecule has 0 atom stereocenters. The van der Waals surface area contributed by atoms with E-state index in [2.05, 4.69) is 10.1 Å². The highest BCUT2D eigenvalue weighted by Crippen LogP contribution is 2.38. The molecule has 1 aromatic heterocycles. The second kappa shape index (κ2) is 7.69. The Morgan fingerprint density at radius 3 is 2.44 bits per heavy atom. The fourth-order valence-corrected chi connectivity index (χ4v) is 2.49. The lowest BCUT2D eigenvalue weighted by molar-refractivity contribution is -0.132. The number of hydrogen-bond acceptors (Lipinski definition) is 7. The van der Waals surface area contributed by atoms with Crippen molar-refractivity contribution in [2.45, 2.75) is 6.92 Å². The molecule has 0 aliphatic carbocycles. The van der Waals surface area contributed by atoms with Crippen molar-refractivity contribution in [3.63, 3.8) is 0 Å². The zero-order valence-corrected chi connectivity index (χ0v) is 15.0. The summed E-state index contributed by atoms with van der Waals surface area (Å²) in [6, 6.07) is 10.3. The van der Waals surface area contributed by atoms with E-state index < -0.39 is 5.97 Å². The van der Waals surface area contributed by atoms with Crippen LogP contribution in [0.5, 0.6) is 17.2 Å². The number of aromatic nitrogens is 2. The predicted molar refractivity (Wildman–Crippen MR) is 99.9 cm³/mol. The van der Waals surface area contributed by atoms with Crippen LogP contribution in [0.3, 0.4) is 0 Å². The minimum absolute atomic E-state index is 0.175. The summed E-state index contributed by atoms with van der Waals surface area (Å²) in [6.45, 7) is 1.29. The smallest absolute Gasteiger partial charge is 0.308 e. The van der Waals surface area contributed by atoms with E-state index in [-0.39, 0.29) is 11.3 Å². The number of para-hydroxylation sites is 1. The van der Waals surface area contributed by atoms with Crippen LogP contribution < -0.4 is 19.8 Å². The molecular formula is C19H17N3O5. The average molecular weight is 367 g/mol. The van der Waals surface area contributed by atoms with Crippen LogP contribution in [0.1, 0.15) is 12.5 Å². The van der Waals surface area contributed by atoms with Gasteiger partial charge in [0.25, 0.3) is 5.56 Å². The minimum Gasteiger partial charge on any atom is -0.493 e. The maximum Gasteiger partial charge on any atom is 0.308 e. The normalized spacial score (nSPS) is 10.9. The highest BCUT2D eigenvalue weighted by atomic mass is 16.6. The zero-order chi connectivity index (χ0) is 19.4. The van der Waals surface area contributed by atoms with Gasteiger partial charge in [0.1, 0.15) is 6.33 Å². The molecule has 8 nitrogen and oxygen atoms in total. The summed E-state index contributed by atoms with van der Waals surface area (Å²) in [7, 11) is 2.89. The van der Waals surface area contributed by atoms with Crippen LogP contribution in [0.2, 0.25) is 0 Å². The summed E-state index contributed by atoms with van der Waals surface area (Å²) in [5.74, 6) is 0.279. The third-order valence-electron chi connectivity index (χ3n) is 3.71. The molecule has 138 valence electrons. The lowest BCUT2D eigenvalue weighted by atomic mass is 10.2. The predicted octanol–water partition coefficient (Wildman–Crippen LogP) is 2.22. The second-order valence-corrected chi connectivity index (χ2v) is 5.50. The Morgan fingerprint density at radius 1 is 1.15 bits per heavy atom. The van der Waals surface area contributed by atoms with E-state index in [1.807, 2.05) is 6.07 Å². The largest absolute Gasteiger partial charge is 0.493 e. The summed E-state index contributed by atoms with van der Waals surface area (Å²) in [6.07, 6.45) is 2.81. The Labute approximate surface area is 154 Å². The summed E-state index contributed by atoms with van der Waals surface area (Å²) in [5.41, 5.74) is 0.898. The van der Waals surface area contributed by atoms with Crippen molar-refractivity contribution in [2.75, 3.05) is 14.2 Å². The first-order chi connectivity index (χ1) is 13.0. The van der Waals surface area contributed by atoms with Gasteiger partial charge >= 0.3 is 5.97 Å². The maximum atomic E-state index is 12.5. The molecule has 1 heterocycles. The van der Waals surface area contributed by atoms with E-state index in [0.29, 0.717) is 28.0 Å². The number of esters is 1. The van der Waals surface area contributed by atoms with Gasteiger partial charge in [-0.15, -0.1) is 0 Å². The second-order valence-electron chi connectivity index (χ2n) is 5.50. The first-order valence-corrected chi connectivity index (χ1v) is 7.98. The molecule has 0 spiro atoms. The number of methoxy groups -OCH3 is 2. The van der Waals surface area contributed by atoms with Gasteiger partial charge in [0.2, 0.25) is 5.75 Å². The first kappa shape index (κ1) is 18.1. The molecule has 0 saturated carbocycles. The Bertz CT molecular complexity index is 1060. The van der Waals surface area contributed by atoms with Crippen LogP contribution in [-0.4, -0.2) is 36.1 Å². The highest BCUT2D eigenvalue weighted by Gasteiger charge is 2.15. The lowest BCUT2D eigenvalue weighted by Gasteiger charge is -2.13. The van der Waals surface area contributed by atoms with E-state index in [4.69, 9.17) is 14.2 Å². The van der Waals surface area contributed by atoms with Crippen molar-refractivity contribution in [1.29, 1.82) is 0 Å². The zero-order valence-electron chi connectivity index (χ0n) is 15.0. The van der Waals surface area contributed by atoms with Crippen LogP contribution >= 0.6 is 0 Å². The van der Waals surface area contributed by atoms with Gasteiger partial charge in [-0.25, -0.2) is 4.98 Å². The van der Waals surface area contributed by atoms with Gasteiger partial charge in [0, 0.05) is 12.5 Å². The number of benzene rings is 2. The van der Waals surface area contributed by atoms with E-state index in [9.17, 15) is 9.59 Å². The van der Waals surface area contributed by atoms with Crippen LogP contribution in [0.25, 0.3) is 10.9 Å². The number of carbonyl (C=O) groups excluding carboxylic acids is 1. The van der Waals surface area contributed by atoms with Gasteiger partial charge in [0.15, 0.2) is 11.5 Å². The number of nitrogens with zero attached hydrogens (tertiary/aromatic N) is 3. The Hall–Kier alpha value is -3.68. The molecule has 0 aliphatic rings. The molecule has 0 unspecified atom stereocenters. The van der Waals surface area contributed by atoms with Gasteiger partial charge in [0.05, 0.1) is 31.3 Å². The molecule has 27 heavy (non-hydrogen) atoms. The quantitative estimate of drug-likeness (QED) is 0.390. The minimum atomic E-state index is -0.498. The van der Waals surface area contributed by atoms with Gasteiger partial charge in [-0.3, -0.25) is 9.59 Å². The number of fused-ring (bicyclic) bond motifs is 1. The monoisotopic (exact) mass is 367 g/mol. The van der Waals surface area contributed by atoms with E-state index >= 15 is 0 Å². The SMILES string of the molecule is COc1cc(/C=N/n2cnc3ccccc3c2=O)cc(OC)c1OC(C)=O. The van der Waals surface area contributed by atoms with Gasteiger partial charge in [-0.1, -0.05) is 12.1 Å². The average Bonchev–Trinajstić information content (AvgIpc) is 2.67. The third kappa shape index (κ3) is 3.79. The molecule has 0 amide bonds. The summed E-state index contributed by atoms with van der Waals surface area (Å²) >= 11 is 0. The fraction of sp³-hybridized carbons (Fsp3) is 0.158. The molecule has 2 aromatic carbocycles. The van der Waals surface area contributed by atoms with Gasteiger partial charge in [-0.05, 0) is 24.3 Å². The Balaban J connectivity index is 2.01. The number of rotatable bonds is 5. The molecule has 0 fully saturated rings. The van der Waals surface area contributed by atoms with Crippen LogP contribution in [0.4, 0.5) is 0 Å². The molecule has 0 saturated heterocycles. The van der Waals surface area contributed by atoms with Crippen molar-refractivity contribution in [3.8, 4) is 17.2 Å². The van der Waals surface area contributed by atoms with Crippen molar-refractivity contribution in [2.24, 2.45) is 5.10 Å². The lowest BCUT2D eigenvalue weighted by Crippen LogP contribution is -2.17. The molecular weight excluding hydrogens is 350 g/mol. The molecule has 0 N–H and O–H groups in total. The summed E-state index contributed by atoms with van der Waals surface area (Å²) < 4.78 is 16.8. The number of hydrogen-bond donors (Lipinski definition) is 0. The van der Waals surface area contributed by atoms with Crippen LogP contribution in [0, 0.1) is 0 Å². The van der Waals surface area contributed by atoms with Crippen LogP contribution in [-0.2, 0) is 4.79 Å². The first-order valence-electron chi connectivity index (χ1n) is 7.98. The van der Waals surface area contributed by atoms with Crippen molar-refractivity contribution in [1.82, 2.24) is 9.66 Å². The Morgan fingerprint density at radius 2 is 1.81 bits per heavy atom. The standard InChI is InChI=1S/C19H17N3O5/c1-12(23)27-18-16(25-2)8-13(9-17(18)26-3)10-21-22-11-20-15-7-5-4-6-14(15)19(22)24/h4-11H,1-3H3/b21-10+. The number of carbonyl (C=O) groups is 1. The Kier molecular flexibility index (Phi) is 5.16. The van der Waals surface area contributed by atoms with Crippen LogP contribution in [0.15, 0.2) is 52.6 Å². The highest BCUT2D eigenvalue weighted by molar-refractivity contribution is 5.83. The molecule has 0 aliphatic heterocycles. The van der Waals surface area contributed by atoms with Crippen molar-refractivity contribution in [3.05, 3.63) is 58.6 Å². The maximum absolute atomic E-state index is 12.5. The van der Waals surface area contributed by atoms with Crippen molar-refractivity contribution < 1.29 is 19.0 Å². The van der Waals surface area contributed by atoms with Gasteiger partial charge < -0.3 is 14.2 Å².